The SMILES string of the molecule is CC(C)(C)C(c1nc(-c2cc(F)ccc2F)cn1Cc1ccccc1)N(CC1CNCC1CNC(=O)CCOCCOCCOCCOCCNC(=O)CCN1C(=O)C=CC1=O)C(=O)CO. The van der Waals surface area contributed by atoms with Crippen LogP contribution in [0.5, 0.6) is 0 Å². The van der Waals surface area contributed by atoms with Crippen molar-refractivity contribution < 1.29 is 56.8 Å². The number of carbonyl (C=O) groups excluding carboxylic acids is 5. The summed E-state index contributed by atoms with van der Waals surface area (Å²) in [6.45, 7) is 10.1. The highest BCUT2D eigenvalue weighted by atomic mass is 19.1. The molecule has 5 amide bonds. The third-order valence-electron chi connectivity index (χ3n) is 11.1. The van der Waals surface area contributed by atoms with Crippen LogP contribution in [0.1, 0.15) is 51.0 Å². The number of aliphatic hydroxyl groups excluding tert-OH is 1. The van der Waals surface area contributed by atoms with Gasteiger partial charge >= 0.3 is 0 Å². The molecule has 0 radical (unpaired) electrons. The van der Waals surface area contributed by atoms with Gasteiger partial charge in [0.2, 0.25) is 17.7 Å². The van der Waals surface area contributed by atoms with Crippen molar-refractivity contribution in [2.45, 2.75) is 46.2 Å². The van der Waals surface area contributed by atoms with E-state index in [9.17, 15) is 33.5 Å². The molecule has 2 aromatic carbocycles. The van der Waals surface area contributed by atoms with E-state index in [0.717, 1.165) is 28.7 Å². The van der Waals surface area contributed by atoms with Crippen LogP contribution in [0.4, 0.5) is 8.78 Å². The van der Waals surface area contributed by atoms with Crippen molar-refractivity contribution in [1.29, 1.82) is 0 Å². The van der Waals surface area contributed by atoms with E-state index < -0.39 is 47.4 Å². The zero-order valence-corrected chi connectivity index (χ0v) is 38.0. The molecule has 360 valence electrons. The lowest BCUT2D eigenvalue weighted by Crippen LogP contribution is -2.47. The van der Waals surface area contributed by atoms with E-state index in [0.29, 0.717) is 71.6 Å². The van der Waals surface area contributed by atoms with Crippen LogP contribution in [0.3, 0.4) is 0 Å². The third-order valence-corrected chi connectivity index (χ3v) is 11.1. The number of halogens is 2. The number of imidazole rings is 1. The highest BCUT2D eigenvalue weighted by Crippen LogP contribution is 2.40. The number of hydrogen-bond donors (Lipinski definition) is 4. The number of rotatable bonds is 28. The Hall–Kier alpha value is -5.44. The lowest BCUT2D eigenvalue weighted by atomic mass is 9.83. The van der Waals surface area contributed by atoms with E-state index in [1.54, 1.807) is 11.1 Å². The van der Waals surface area contributed by atoms with E-state index in [1.165, 1.54) is 12.2 Å². The van der Waals surface area contributed by atoms with Gasteiger partial charge in [-0.3, -0.25) is 28.9 Å². The average molecular weight is 924 g/mol. The highest BCUT2D eigenvalue weighted by molar-refractivity contribution is 6.13. The first kappa shape index (κ1) is 51.5. The number of benzene rings is 2. The van der Waals surface area contributed by atoms with E-state index >= 15 is 4.39 Å². The van der Waals surface area contributed by atoms with Crippen LogP contribution in [-0.2, 0) is 49.5 Å². The molecule has 3 unspecified atom stereocenters. The molecule has 0 spiro atoms. The van der Waals surface area contributed by atoms with Gasteiger partial charge < -0.3 is 49.5 Å². The Balaban J connectivity index is 1.00. The lowest BCUT2D eigenvalue weighted by molar-refractivity contribution is -0.141. The number of ether oxygens (including phenoxy) is 4. The molecule has 3 atom stereocenters. The number of hydrogen-bond acceptors (Lipinski definition) is 12. The first-order chi connectivity index (χ1) is 31.7. The molecule has 0 aliphatic carbocycles. The predicted octanol–water partition coefficient (Wildman–Crippen LogP) is 2.62. The van der Waals surface area contributed by atoms with Crippen LogP contribution < -0.4 is 16.0 Å². The molecular formula is C47H63F2N7O10. The molecular weight excluding hydrogens is 861 g/mol. The fourth-order valence-corrected chi connectivity index (χ4v) is 7.78. The third kappa shape index (κ3) is 15.9. The van der Waals surface area contributed by atoms with Crippen molar-refractivity contribution in [2.75, 3.05) is 98.7 Å². The molecule has 1 fully saturated rings. The topological polar surface area (TPSA) is 203 Å². The average Bonchev–Trinajstić information content (AvgIpc) is 4.01. The van der Waals surface area contributed by atoms with E-state index in [-0.39, 0.29) is 80.6 Å². The van der Waals surface area contributed by atoms with Crippen LogP contribution in [0.25, 0.3) is 11.3 Å². The first-order valence-corrected chi connectivity index (χ1v) is 22.3. The zero-order chi connectivity index (χ0) is 47.5. The van der Waals surface area contributed by atoms with Crippen molar-refractivity contribution in [1.82, 2.24) is 35.3 Å². The largest absolute Gasteiger partial charge is 0.387 e. The maximum Gasteiger partial charge on any atom is 0.253 e. The summed E-state index contributed by atoms with van der Waals surface area (Å²) in [5.41, 5.74) is 0.533. The standard InChI is InChI=1S/C47H63F2N7O10/c1-47(2,3)45(46-53-39(37-25-36(48)9-10-38(37)49)31-54(46)29-33-7-5-4-6-8-33)56(44(62)32-57)30-35-27-50-26-34(35)28-52-41(59)14-17-63-19-21-65-23-24-66-22-20-64-18-15-51-40(58)13-16-55-42(60)11-12-43(55)61/h4-12,25,31,34-35,45,50,57H,13-24,26-30,32H2,1-3H3,(H,51,58)(H,52,59). The molecule has 2 aliphatic heterocycles. The number of imide groups is 1. The van der Waals surface area contributed by atoms with Crippen molar-refractivity contribution in [2.24, 2.45) is 17.3 Å². The van der Waals surface area contributed by atoms with Crippen molar-refractivity contribution in [3.63, 3.8) is 0 Å². The van der Waals surface area contributed by atoms with Crippen molar-refractivity contribution in [3.8, 4) is 11.3 Å². The number of aromatic nitrogens is 2. The minimum Gasteiger partial charge on any atom is -0.387 e. The molecule has 0 saturated carbocycles. The lowest BCUT2D eigenvalue weighted by Gasteiger charge is -2.41. The van der Waals surface area contributed by atoms with Crippen LogP contribution in [0.15, 0.2) is 66.9 Å². The van der Waals surface area contributed by atoms with Gasteiger partial charge in [0, 0.05) is 82.6 Å². The van der Waals surface area contributed by atoms with E-state index in [4.69, 9.17) is 23.9 Å². The molecule has 2 aliphatic rings. The Kier molecular flexibility index (Phi) is 20.3. The Morgan fingerprint density at radius 1 is 0.848 bits per heavy atom. The van der Waals surface area contributed by atoms with Crippen LogP contribution in [-0.4, -0.2) is 153 Å². The van der Waals surface area contributed by atoms with E-state index in [2.05, 4.69) is 16.0 Å². The zero-order valence-electron chi connectivity index (χ0n) is 38.0. The van der Waals surface area contributed by atoms with Crippen molar-refractivity contribution >= 4 is 29.5 Å². The number of carbonyl (C=O) groups is 5. The maximum atomic E-state index is 15.1. The molecule has 3 aromatic rings. The van der Waals surface area contributed by atoms with Crippen LogP contribution >= 0.6 is 0 Å². The molecule has 17 nitrogen and oxygen atoms in total. The first-order valence-electron chi connectivity index (χ1n) is 22.3. The number of aliphatic hydroxyl groups is 1. The fraction of sp³-hybridized carbons (Fsp3) is 0.532. The molecule has 1 saturated heterocycles. The van der Waals surface area contributed by atoms with Gasteiger partial charge in [0.15, 0.2) is 0 Å². The molecule has 1 aromatic heterocycles. The monoisotopic (exact) mass is 923 g/mol. The quantitative estimate of drug-likeness (QED) is 0.0614. The van der Waals surface area contributed by atoms with Crippen molar-refractivity contribution in [3.05, 3.63) is 89.9 Å². The van der Waals surface area contributed by atoms with Gasteiger partial charge in [-0.05, 0) is 41.0 Å². The number of amides is 5. The molecule has 3 heterocycles. The Bertz CT molecular complexity index is 2080. The highest BCUT2D eigenvalue weighted by Gasteiger charge is 2.41. The minimum atomic E-state index is -0.740. The summed E-state index contributed by atoms with van der Waals surface area (Å²) in [5.74, 6) is -2.70. The fourth-order valence-electron chi connectivity index (χ4n) is 7.78. The summed E-state index contributed by atoms with van der Waals surface area (Å²) < 4.78 is 53.4. The minimum absolute atomic E-state index is 0.00310. The second-order valence-corrected chi connectivity index (χ2v) is 17.1. The van der Waals surface area contributed by atoms with Gasteiger partial charge in [-0.1, -0.05) is 51.1 Å². The second-order valence-electron chi connectivity index (χ2n) is 17.1. The molecule has 5 rings (SSSR count). The van der Waals surface area contributed by atoms with Crippen LogP contribution in [0.2, 0.25) is 0 Å². The summed E-state index contributed by atoms with van der Waals surface area (Å²) in [6.07, 6.45) is 4.20. The summed E-state index contributed by atoms with van der Waals surface area (Å²) in [7, 11) is 0. The predicted molar refractivity (Wildman–Crippen MR) is 238 cm³/mol. The molecule has 19 heteroatoms. The summed E-state index contributed by atoms with van der Waals surface area (Å²) in [6, 6.07) is 12.1. The second kappa shape index (κ2) is 26.0. The normalized spacial score (nSPS) is 16.5. The number of nitrogens with zero attached hydrogens (tertiary/aromatic N) is 4. The Morgan fingerprint density at radius 2 is 1.47 bits per heavy atom. The maximum absolute atomic E-state index is 15.1. The van der Waals surface area contributed by atoms with E-state index in [1.807, 2.05) is 55.7 Å². The molecule has 4 N–H and O–H groups in total. The Labute approximate surface area is 384 Å². The molecule has 66 heavy (non-hydrogen) atoms. The van der Waals surface area contributed by atoms with Gasteiger partial charge in [0.25, 0.3) is 11.8 Å². The Morgan fingerprint density at radius 3 is 2.12 bits per heavy atom. The molecule has 0 bridgehead atoms. The van der Waals surface area contributed by atoms with Gasteiger partial charge in [0.05, 0.1) is 64.6 Å². The van der Waals surface area contributed by atoms with Gasteiger partial charge in [0.1, 0.15) is 24.1 Å². The summed E-state index contributed by atoms with van der Waals surface area (Å²) in [5, 5.41) is 19.3. The summed E-state index contributed by atoms with van der Waals surface area (Å²) in [4.78, 5) is 69.1. The smallest absolute Gasteiger partial charge is 0.253 e. The van der Waals surface area contributed by atoms with Gasteiger partial charge in [-0.25, -0.2) is 13.8 Å². The van der Waals surface area contributed by atoms with Gasteiger partial charge in [-0.15, -0.1) is 0 Å². The van der Waals surface area contributed by atoms with Gasteiger partial charge in [-0.2, -0.15) is 0 Å². The number of nitrogens with one attached hydrogen (secondary N) is 3. The van der Waals surface area contributed by atoms with Crippen LogP contribution in [0, 0.1) is 28.9 Å². The summed E-state index contributed by atoms with van der Waals surface area (Å²) >= 11 is 0.